The van der Waals surface area contributed by atoms with Crippen LogP contribution >= 0.6 is 23.2 Å². The van der Waals surface area contributed by atoms with E-state index in [0.29, 0.717) is 22.3 Å². The smallest absolute Gasteiger partial charge is 0.252 e. The summed E-state index contributed by atoms with van der Waals surface area (Å²) in [5.41, 5.74) is 1.84. The Labute approximate surface area is 149 Å². The van der Waals surface area contributed by atoms with Crippen molar-refractivity contribution in [1.29, 1.82) is 0 Å². The van der Waals surface area contributed by atoms with Crippen LogP contribution < -0.4 is 0 Å². The van der Waals surface area contributed by atoms with E-state index in [9.17, 15) is 19.2 Å². The second kappa shape index (κ2) is 9.11. The maximum Gasteiger partial charge on any atom is 0.252 e. The van der Waals surface area contributed by atoms with Gasteiger partial charge in [-0.3, -0.25) is 19.2 Å². The fourth-order valence-corrected chi connectivity index (χ4v) is 1.94. The molecule has 0 N–H and O–H groups in total. The highest BCUT2D eigenvalue weighted by Crippen LogP contribution is 2.08. The predicted octanol–water partition coefficient (Wildman–Crippen LogP) is 4.54. The van der Waals surface area contributed by atoms with Crippen LogP contribution in [0.15, 0.2) is 48.5 Å². The van der Waals surface area contributed by atoms with E-state index in [0.717, 1.165) is 0 Å². The third-order valence-electron chi connectivity index (χ3n) is 3.01. The van der Waals surface area contributed by atoms with Crippen LogP contribution in [0.25, 0.3) is 0 Å². The van der Waals surface area contributed by atoms with Crippen LogP contribution in [0, 0.1) is 0 Å². The Morgan fingerprint density at radius 2 is 1.04 bits per heavy atom. The lowest BCUT2D eigenvalue weighted by Crippen LogP contribution is -1.95. The van der Waals surface area contributed by atoms with Crippen LogP contribution in [0.3, 0.4) is 0 Å². The standard InChI is InChI=1S/2C9H7ClO2/c1-6(11)7-2-4-8(5-3-7)9(10)12;1-6(11)7-3-2-4-8(5-7)9(10)12/h2*2-5H,1H3. The predicted molar refractivity (Wildman–Crippen MR) is 93.3 cm³/mol. The van der Waals surface area contributed by atoms with E-state index in [1.807, 2.05) is 0 Å². The molecule has 2 aromatic carbocycles. The van der Waals surface area contributed by atoms with Crippen LogP contribution in [0.4, 0.5) is 0 Å². The first-order valence-corrected chi connectivity index (χ1v) is 7.59. The van der Waals surface area contributed by atoms with E-state index in [1.54, 1.807) is 30.3 Å². The van der Waals surface area contributed by atoms with Gasteiger partial charge >= 0.3 is 0 Å². The first-order valence-electron chi connectivity index (χ1n) is 6.84. The van der Waals surface area contributed by atoms with Gasteiger partial charge in [-0.05, 0) is 55.2 Å². The third-order valence-corrected chi connectivity index (χ3v) is 3.45. The fraction of sp³-hybridized carbons (Fsp3) is 0.111. The highest BCUT2D eigenvalue weighted by molar-refractivity contribution is 6.68. The second-order valence-corrected chi connectivity index (χ2v) is 5.50. The van der Waals surface area contributed by atoms with Crippen molar-refractivity contribution < 1.29 is 19.2 Å². The van der Waals surface area contributed by atoms with E-state index < -0.39 is 10.5 Å². The zero-order chi connectivity index (χ0) is 18.3. The molecule has 2 rings (SSSR count). The molecule has 2 aromatic rings. The van der Waals surface area contributed by atoms with Gasteiger partial charge in [0.05, 0.1) is 0 Å². The van der Waals surface area contributed by atoms with Gasteiger partial charge in [0.15, 0.2) is 11.6 Å². The minimum Gasteiger partial charge on any atom is -0.295 e. The number of ketones is 2. The van der Waals surface area contributed by atoms with Gasteiger partial charge in [0.1, 0.15) is 0 Å². The monoisotopic (exact) mass is 364 g/mol. The molecule has 124 valence electrons. The molecule has 0 amide bonds. The lowest BCUT2D eigenvalue weighted by Gasteiger charge is -1.96. The molecule has 0 aliphatic rings. The Morgan fingerprint density at radius 1 is 0.625 bits per heavy atom. The van der Waals surface area contributed by atoms with Crippen LogP contribution in [0.5, 0.6) is 0 Å². The average molecular weight is 365 g/mol. The zero-order valence-electron chi connectivity index (χ0n) is 13.0. The van der Waals surface area contributed by atoms with Crippen LogP contribution in [-0.4, -0.2) is 22.1 Å². The number of halogens is 2. The number of rotatable bonds is 4. The maximum absolute atomic E-state index is 10.9. The van der Waals surface area contributed by atoms with Gasteiger partial charge in [0.25, 0.3) is 10.5 Å². The molecular weight excluding hydrogens is 351 g/mol. The fourth-order valence-electron chi connectivity index (χ4n) is 1.70. The topological polar surface area (TPSA) is 68.3 Å². The lowest BCUT2D eigenvalue weighted by molar-refractivity contribution is 0.100. The lowest BCUT2D eigenvalue weighted by atomic mass is 10.1. The number of hydrogen-bond donors (Lipinski definition) is 0. The van der Waals surface area contributed by atoms with E-state index in [-0.39, 0.29) is 11.6 Å². The molecule has 0 unspecified atom stereocenters. The van der Waals surface area contributed by atoms with Crippen molar-refractivity contribution in [3.05, 3.63) is 70.8 Å². The molecule has 0 spiro atoms. The molecule has 0 saturated heterocycles. The molecule has 0 heterocycles. The Balaban J connectivity index is 0.000000240. The van der Waals surface area contributed by atoms with Crippen LogP contribution in [0.2, 0.25) is 0 Å². The molecule has 6 heteroatoms. The number of carbonyl (C=O) groups excluding carboxylic acids is 4. The second-order valence-electron chi connectivity index (χ2n) is 4.82. The summed E-state index contributed by atoms with van der Waals surface area (Å²) < 4.78 is 0. The van der Waals surface area contributed by atoms with Crippen LogP contribution in [0.1, 0.15) is 55.3 Å². The summed E-state index contributed by atoms with van der Waals surface area (Å²) in [6.45, 7) is 2.91. The normalized spacial score (nSPS) is 9.50. The van der Waals surface area contributed by atoms with Crippen molar-refractivity contribution in [2.45, 2.75) is 13.8 Å². The minimum absolute atomic E-state index is 0.0245. The van der Waals surface area contributed by atoms with Crippen molar-refractivity contribution >= 4 is 45.3 Å². The number of carbonyl (C=O) groups is 4. The summed E-state index contributed by atoms with van der Waals surface area (Å²) in [5, 5.41) is -1.05. The van der Waals surface area contributed by atoms with Crippen molar-refractivity contribution in [3.8, 4) is 0 Å². The van der Waals surface area contributed by atoms with E-state index in [2.05, 4.69) is 0 Å². The van der Waals surface area contributed by atoms with Crippen molar-refractivity contribution in [1.82, 2.24) is 0 Å². The molecule has 0 fully saturated rings. The quantitative estimate of drug-likeness (QED) is 0.589. The summed E-state index contributed by atoms with van der Waals surface area (Å²) >= 11 is 10.4. The van der Waals surface area contributed by atoms with Crippen molar-refractivity contribution in [2.24, 2.45) is 0 Å². The maximum atomic E-state index is 10.9. The van der Waals surface area contributed by atoms with Gasteiger partial charge in [0.2, 0.25) is 0 Å². The first-order chi connectivity index (χ1) is 11.2. The Bertz CT molecular complexity index is 718. The highest BCUT2D eigenvalue weighted by atomic mass is 35.5. The zero-order valence-corrected chi connectivity index (χ0v) is 14.5. The van der Waals surface area contributed by atoms with Gasteiger partial charge in [0, 0.05) is 22.3 Å². The summed E-state index contributed by atoms with van der Waals surface area (Å²) in [6.07, 6.45) is 0. The molecule has 0 atom stereocenters. The number of benzene rings is 2. The van der Waals surface area contributed by atoms with Gasteiger partial charge in [-0.25, -0.2) is 0 Å². The van der Waals surface area contributed by atoms with Crippen LogP contribution in [-0.2, 0) is 0 Å². The van der Waals surface area contributed by atoms with Gasteiger partial charge in [-0.15, -0.1) is 0 Å². The highest BCUT2D eigenvalue weighted by Gasteiger charge is 2.04. The van der Waals surface area contributed by atoms with Crippen molar-refractivity contribution in [3.63, 3.8) is 0 Å². The summed E-state index contributed by atoms with van der Waals surface area (Å²) in [6, 6.07) is 12.6. The third kappa shape index (κ3) is 6.07. The van der Waals surface area contributed by atoms with Gasteiger partial charge in [-0.2, -0.15) is 0 Å². The molecule has 0 saturated carbocycles. The van der Waals surface area contributed by atoms with E-state index in [1.165, 1.54) is 32.0 Å². The van der Waals surface area contributed by atoms with Gasteiger partial charge < -0.3 is 0 Å². The van der Waals surface area contributed by atoms with Crippen molar-refractivity contribution in [2.75, 3.05) is 0 Å². The first kappa shape index (κ1) is 19.7. The Hall–Kier alpha value is -2.30. The Kier molecular flexibility index (Phi) is 7.49. The van der Waals surface area contributed by atoms with E-state index >= 15 is 0 Å². The molecule has 24 heavy (non-hydrogen) atoms. The Morgan fingerprint density at radius 3 is 1.46 bits per heavy atom. The largest absolute Gasteiger partial charge is 0.295 e. The van der Waals surface area contributed by atoms with E-state index in [4.69, 9.17) is 23.2 Å². The molecule has 4 nitrogen and oxygen atoms in total. The molecule has 0 aliphatic heterocycles. The SMILES string of the molecule is CC(=O)c1ccc(C(=O)Cl)cc1.CC(=O)c1cccc(C(=O)Cl)c1. The number of Topliss-reactive ketones (excluding diaryl/α,β-unsaturated/α-hetero) is 2. The molecule has 0 bridgehead atoms. The summed E-state index contributed by atoms with van der Waals surface area (Å²) in [7, 11) is 0. The molecule has 0 aromatic heterocycles. The summed E-state index contributed by atoms with van der Waals surface area (Å²) in [4.78, 5) is 43.0. The summed E-state index contributed by atoms with van der Waals surface area (Å²) in [5.74, 6) is -0.0988. The molecule has 0 aliphatic carbocycles. The van der Waals surface area contributed by atoms with Gasteiger partial charge in [-0.1, -0.05) is 30.3 Å². The number of hydrogen-bond acceptors (Lipinski definition) is 4. The minimum atomic E-state index is -0.543. The molecule has 0 radical (unpaired) electrons. The average Bonchev–Trinajstić information content (AvgIpc) is 2.55. The molecular formula is C18H14Cl2O4.